The number of nitrogens with zero attached hydrogens (tertiary/aromatic N) is 2. The molecule has 1 saturated heterocycles. The highest BCUT2D eigenvalue weighted by Gasteiger charge is 2.59. The zero-order chi connectivity index (χ0) is 28.4. The van der Waals surface area contributed by atoms with E-state index < -0.39 is 0 Å². The Balaban J connectivity index is 1.27. The minimum Gasteiger partial charge on any atom is -0.312 e. The fraction of sp³-hybridized carbons (Fsp3) is 0.848. The SMILES string of the molecule is C/C(=N\OC(=O)N(CC1CC(C)(C)CN1)C(C)(C)C)[C@H]1CC[C@H]2[C@@H]3CCC4=CC(=O)CC[C@]4(C)[C@H]3CC[C@]12C. The monoisotopic (exact) mass is 539 g/mol. The first-order valence-corrected chi connectivity index (χ1v) is 15.6. The van der Waals surface area contributed by atoms with Crippen LogP contribution in [-0.2, 0) is 9.63 Å². The topological polar surface area (TPSA) is 71.0 Å². The molecule has 0 aromatic heterocycles. The summed E-state index contributed by atoms with van der Waals surface area (Å²) in [6.45, 7) is 19.4. The van der Waals surface area contributed by atoms with E-state index in [0.717, 1.165) is 43.9 Å². The number of allylic oxidation sites excluding steroid dienone is 1. The summed E-state index contributed by atoms with van der Waals surface area (Å²) in [4.78, 5) is 33.0. The first-order chi connectivity index (χ1) is 18.1. The molecule has 0 radical (unpaired) electrons. The molecule has 6 nitrogen and oxygen atoms in total. The molecule has 0 aromatic rings. The minimum absolute atomic E-state index is 0.201. The van der Waals surface area contributed by atoms with Gasteiger partial charge in [-0.2, -0.15) is 0 Å². The number of oxime groups is 1. The molecule has 4 aliphatic carbocycles. The summed E-state index contributed by atoms with van der Waals surface area (Å²) in [6, 6.07) is 0.275. The number of rotatable bonds is 4. The molecule has 1 heterocycles. The van der Waals surface area contributed by atoms with Crippen molar-refractivity contribution in [2.75, 3.05) is 13.1 Å². The lowest BCUT2D eigenvalue weighted by Crippen LogP contribution is -2.51. The largest absolute Gasteiger partial charge is 0.436 e. The minimum atomic E-state index is -0.344. The average molecular weight is 540 g/mol. The molecule has 218 valence electrons. The molecular weight excluding hydrogens is 486 g/mol. The molecule has 0 spiro atoms. The maximum absolute atomic E-state index is 13.3. The molecule has 6 heteroatoms. The first kappa shape index (κ1) is 28.8. The van der Waals surface area contributed by atoms with Crippen LogP contribution in [0.25, 0.3) is 0 Å². The molecule has 0 aromatic carbocycles. The van der Waals surface area contributed by atoms with Crippen molar-refractivity contribution < 1.29 is 14.4 Å². The molecule has 5 aliphatic rings. The molecular formula is C33H53N3O3. The maximum Gasteiger partial charge on any atom is 0.436 e. The number of fused-ring (bicyclic) bond motifs is 5. The van der Waals surface area contributed by atoms with E-state index >= 15 is 0 Å². The van der Waals surface area contributed by atoms with Crippen molar-refractivity contribution in [3.63, 3.8) is 0 Å². The molecule has 0 bridgehead atoms. The second-order valence-electron chi connectivity index (χ2n) is 16.0. The summed E-state index contributed by atoms with van der Waals surface area (Å²) < 4.78 is 0. The van der Waals surface area contributed by atoms with Gasteiger partial charge in [-0.1, -0.05) is 38.4 Å². The predicted octanol–water partition coefficient (Wildman–Crippen LogP) is 7.14. The van der Waals surface area contributed by atoms with Gasteiger partial charge in [0.25, 0.3) is 0 Å². The number of carbonyl (C=O) groups excluding carboxylic acids is 2. The Morgan fingerprint density at radius 3 is 2.49 bits per heavy atom. The molecule has 4 fully saturated rings. The van der Waals surface area contributed by atoms with Gasteiger partial charge in [-0.3, -0.25) is 14.5 Å². The summed E-state index contributed by atoms with van der Waals surface area (Å²) in [7, 11) is 0. The van der Waals surface area contributed by atoms with Crippen LogP contribution in [0.5, 0.6) is 0 Å². The van der Waals surface area contributed by atoms with Crippen molar-refractivity contribution in [3.8, 4) is 0 Å². The van der Waals surface area contributed by atoms with Crippen molar-refractivity contribution in [3.05, 3.63) is 11.6 Å². The molecule has 7 atom stereocenters. The van der Waals surface area contributed by atoms with Gasteiger partial charge >= 0.3 is 6.09 Å². The fourth-order valence-electron chi connectivity index (χ4n) is 9.67. The van der Waals surface area contributed by atoms with E-state index in [4.69, 9.17) is 4.84 Å². The fourth-order valence-corrected chi connectivity index (χ4v) is 9.67. The Bertz CT molecular complexity index is 1050. The van der Waals surface area contributed by atoms with E-state index in [9.17, 15) is 9.59 Å². The Labute approximate surface area is 236 Å². The smallest absolute Gasteiger partial charge is 0.312 e. The normalized spacial score (nSPS) is 39.9. The number of ketones is 1. The third kappa shape index (κ3) is 5.24. The van der Waals surface area contributed by atoms with Gasteiger partial charge in [0.05, 0.1) is 5.71 Å². The third-order valence-electron chi connectivity index (χ3n) is 11.8. The lowest BCUT2D eigenvalue weighted by atomic mass is 9.46. The van der Waals surface area contributed by atoms with Crippen LogP contribution < -0.4 is 5.32 Å². The molecule has 1 unspecified atom stereocenters. The van der Waals surface area contributed by atoms with Crippen molar-refractivity contribution in [2.24, 2.45) is 45.1 Å². The molecule has 39 heavy (non-hydrogen) atoms. The number of carbonyl (C=O) groups is 2. The average Bonchev–Trinajstić information content (AvgIpc) is 3.38. The van der Waals surface area contributed by atoms with E-state index in [0.29, 0.717) is 36.5 Å². The van der Waals surface area contributed by atoms with Crippen molar-refractivity contribution in [2.45, 2.75) is 125 Å². The molecule has 1 N–H and O–H groups in total. The Morgan fingerprint density at radius 1 is 1.08 bits per heavy atom. The second-order valence-corrected chi connectivity index (χ2v) is 16.0. The van der Waals surface area contributed by atoms with Crippen molar-refractivity contribution >= 4 is 17.6 Å². The van der Waals surface area contributed by atoms with Crippen molar-refractivity contribution in [1.29, 1.82) is 0 Å². The highest BCUT2D eigenvalue weighted by molar-refractivity contribution is 5.91. The highest BCUT2D eigenvalue weighted by Crippen LogP contribution is 2.66. The van der Waals surface area contributed by atoms with E-state index in [1.807, 2.05) is 11.0 Å². The highest BCUT2D eigenvalue weighted by atomic mass is 16.7. The zero-order valence-electron chi connectivity index (χ0n) is 25.9. The van der Waals surface area contributed by atoms with Crippen molar-refractivity contribution in [1.82, 2.24) is 10.2 Å². The quantitative estimate of drug-likeness (QED) is 0.234. The summed E-state index contributed by atoms with van der Waals surface area (Å²) >= 11 is 0. The zero-order valence-corrected chi connectivity index (χ0v) is 25.9. The van der Waals surface area contributed by atoms with Crippen LogP contribution in [0.2, 0.25) is 0 Å². The van der Waals surface area contributed by atoms with Gasteiger partial charge in [0.2, 0.25) is 0 Å². The molecule has 3 saturated carbocycles. The van der Waals surface area contributed by atoms with Gasteiger partial charge in [-0.15, -0.1) is 0 Å². The third-order valence-corrected chi connectivity index (χ3v) is 11.8. The van der Waals surface area contributed by atoms with E-state index in [-0.39, 0.29) is 33.9 Å². The number of hydrogen-bond acceptors (Lipinski definition) is 5. The summed E-state index contributed by atoms with van der Waals surface area (Å²) in [6.07, 6.45) is 11.5. The van der Waals surface area contributed by atoms with Gasteiger partial charge in [0, 0.05) is 37.0 Å². The molecule has 5 rings (SSSR count). The summed E-state index contributed by atoms with van der Waals surface area (Å²) in [5, 5.41) is 8.12. The van der Waals surface area contributed by atoms with Gasteiger partial charge in [0.1, 0.15) is 0 Å². The molecule has 1 amide bonds. The van der Waals surface area contributed by atoms with E-state index in [1.54, 1.807) is 0 Å². The van der Waals surface area contributed by atoms with Gasteiger partial charge in [0.15, 0.2) is 5.78 Å². The predicted molar refractivity (Wildman–Crippen MR) is 156 cm³/mol. The summed E-state index contributed by atoms with van der Waals surface area (Å²) in [5.41, 5.74) is 2.73. The van der Waals surface area contributed by atoms with Crippen LogP contribution in [0.4, 0.5) is 4.79 Å². The van der Waals surface area contributed by atoms with E-state index in [1.165, 1.54) is 31.3 Å². The Kier molecular flexibility index (Phi) is 7.39. The molecule has 1 aliphatic heterocycles. The second kappa shape index (κ2) is 9.99. The Hall–Kier alpha value is -1.69. The Morgan fingerprint density at radius 2 is 1.82 bits per heavy atom. The number of nitrogens with one attached hydrogen (secondary N) is 1. The van der Waals surface area contributed by atoms with Crippen LogP contribution >= 0.6 is 0 Å². The van der Waals surface area contributed by atoms with Crippen LogP contribution in [0.1, 0.15) is 113 Å². The van der Waals surface area contributed by atoms with Crippen LogP contribution in [0.15, 0.2) is 16.8 Å². The van der Waals surface area contributed by atoms with Crippen LogP contribution in [0.3, 0.4) is 0 Å². The van der Waals surface area contributed by atoms with Crippen LogP contribution in [-0.4, -0.2) is 47.2 Å². The van der Waals surface area contributed by atoms with Gasteiger partial charge in [-0.05, 0) is 119 Å². The standard InChI is InChI=1S/C33H53N3O3/c1-21(35-39-29(38)36(30(2,3)4)19-23-18-31(5,6)20-34-23)26-11-12-27-25-10-9-22-17-24(37)13-15-32(22,7)28(25)14-16-33(26,27)8/h17,23,25-28,34H,9-16,18-20H2,1-8H3/b35-21+/t23?,25-,26+,27-,28-,32-,33+/m0/s1. The van der Waals surface area contributed by atoms with E-state index in [2.05, 4.69) is 65.9 Å². The number of hydrogen-bond donors (Lipinski definition) is 1. The summed E-state index contributed by atoms with van der Waals surface area (Å²) in [5.74, 6) is 2.78. The lowest BCUT2D eigenvalue weighted by molar-refractivity contribution is -0.117. The first-order valence-electron chi connectivity index (χ1n) is 15.6. The lowest BCUT2D eigenvalue weighted by Gasteiger charge is -2.58. The van der Waals surface area contributed by atoms with Gasteiger partial charge in [-0.25, -0.2) is 4.79 Å². The maximum atomic E-state index is 13.3. The van der Waals surface area contributed by atoms with Crippen LogP contribution in [0, 0.1) is 39.9 Å². The number of amides is 1. The van der Waals surface area contributed by atoms with Gasteiger partial charge < -0.3 is 5.32 Å².